The van der Waals surface area contributed by atoms with Gasteiger partial charge in [0.05, 0.1) is 23.5 Å². The maximum Gasteiger partial charge on any atom is 0.250 e. The van der Waals surface area contributed by atoms with E-state index < -0.39 is 0 Å². The summed E-state index contributed by atoms with van der Waals surface area (Å²) in [6.07, 6.45) is 1.82. The van der Waals surface area contributed by atoms with Gasteiger partial charge in [-0.25, -0.2) is 0 Å². The van der Waals surface area contributed by atoms with Gasteiger partial charge in [0.25, 0.3) is 0 Å². The quantitative estimate of drug-likeness (QED) is 0.267. The summed E-state index contributed by atoms with van der Waals surface area (Å²) in [5.41, 5.74) is 11.0. The van der Waals surface area contributed by atoms with Gasteiger partial charge in [0.1, 0.15) is 6.61 Å². The molecule has 40 heavy (non-hydrogen) atoms. The molecule has 1 amide bonds. The van der Waals surface area contributed by atoms with E-state index in [4.69, 9.17) is 21.9 Å². The lowest BCUT2D eigenvalue weighted by molar-refractivity contribution is -0.119. The second kappa shape index (κ2) is 11.2. The lowest BCUT2D eigenvalue weighted by Crippen LogP contribution is -2.29. The number of nitrogens with one attached hydrogen (secondary N) is 2. The molecule has 8 heteroatoms. The Balaban J connectivity index is 1.61. The Hall–Kier alpha value is -4.01. The van der Waals surface area contributed by atoms with E-state index in [9.17, 15) is 4.79 Å². The van der Waals surface area contributed by atoms with Crippen molar-refractivity contribution in [3.63, 3.8) is 0 Å². The van der Waals surface area contributed by atoms with Crippen LogP contribution in [0.2, 0.25) is 0 Å². The molecule has 0 saturated carbocycles. The summed E-state index contributed by atoms with van der Waals surface area (Å²) in [6.45, 7) is 10.8. The van der Waals surface area contributed by atoms with E-state index in [0.717, 1.165) is 17.1 Å². The van der Waals surface area contributed by atoms with Crippen molar-refractivity contribution >= 4 is 34.6 Å². The maximum atomic E-state index is 12.0. The number of pyridine rings is 1. The number of thiocarbonyl (C=S) groups is 1. The van der Waals surface area contributed by atoms with Crippen molar-refractivity contribution < 1.29 is 9.53 Å². The minimum atomic E-state index is -0.198. The Morgan fingerprint density at radius 2 is 1.73 bits per heavy atom. The molecule has 4 aromatic rings. The van der Waals surface area contributed by atoms with Crippen molar-refractivity contribution in [3.05, 3.63) is 106 Å². The average Bonchev–Trinajstić information content (AvgIpc) is 3.40. The molecule has 1 fully saturated rings. The van der Waals surface area contributed by atoms with Crippen LogP contribution in [-0.4, -0.2) is 34.3 Å². The van der Waals surface area contributed by atoms with Crippen LogP contribution in [0.1, 0.15) is 51.4 Å². The molecular weight excluding hydrogens is 518 g/mol. The van der Waals surface area contributed by atoms with E-state index in [0.29, 0.717) is 10.8 Å². The number of nitrogens with zero attached hydrogens (tertiary/aromatic N) is 3. The summed E-state index contributed by atoms with van der Waals surface area (Å²) >= 11 is 5.94. The van der Waals surface area contributed by atoms with Gasteiger partial charge in [-0.15, -0.1) is 0 Å². The second-order valence-electron chi connectivity index (χ2n) is 10.4. The number of amides is 1. The van der Waals surface area contributed by atoms with Crippen LogP contribution in [0.4, 0.5) is 11.4 Å². The minimum Gasteiger partial charge on any atom is -0.375 e. The van der Waals surface area contributed by atoms with Gasteiger partial charge in [-0.2, -0.15) is 0 Å². The Bertz CT molecular complexity index is 1540. The van der Waals surface area contributed by atoms with E-state index in [-0.39, 0.29) is 24.6 Å². The van der Waals surface area contributed by atoms with E-state index in [1.54, 1.807) is 0 Å². The van der Waals surface area contributed by atoms with Crippen LogP contribution < -0.4 is 15.5 Å². The number of hydrogen-bond acceptors (Lipinski definition) is 4. The second-order valence-corrected chi connectivity index (χ2v) is 10.8. The fourth-order valence-electron chi connectivity index (χ4n) is 5.94. The highest BCUT2D eigenvalue weighted by Gasteiger charge is 2.42. The molecule has 0 radical (unpaired) electrons. The summed E-state index contributed by atoms with van der Waals surface area (Å²) in [5.74, 6) is -0.198. The molecule has 2 aromatic heterocycles. The van der Waals surface area contributed by atoms with Crippen LogP contribution in [0.15, 0.2) is 66.9 Å². The third-order valence-corrected chi connectivity index (χ3v) is 7.77. The lowest BCUT2D eigenvalue weighted by Gasteiger charge is -2.28. The fourth-order valence-corrected chi connectivity index (χ4v) is 6.28. The zero-order chi connectivity index (χ0) is 28.6. The number of anilines is 2. The zero-order valence-electron chi connectivity index (χ0n) is 23.8. The molecular formula is C32H35N5O2S. The van der Waals surface area contributed by atoms with Crippen molar-refractivity contribution in [2.24, 2.45) is 0 Å². The number of ether oxygens (including phenoxy) is 1. The van der Waals surface area contributed by atoms with Crippen LogP contribution in [0.25, 0.3) is 5.69 Å². The first-order valence-electron chi connectivity index (χ1n) is 13.4. The van der Waals surface area contributed by atoms with Crippen molar-refractivity contribution in [2.75, 3.05) is 23.9 Å². The van der Waals surface area contributed by atoms with E-state index in [1.807, 2.05) is 48.7 Å². The monoisotopic (exact) mass is 553 g/mol. The predicted octanol–water partition coefficient (Wildman–Crippen LogP) is 6.18. The first-order valence-corrected chi connectivity index (χ1v) is 13.8. The summed E-state index contributed by atoms with van der Waals surface area (Å²) in [6, 6.07) is 20.2. The standard InChI is InChI=1S/C32H35N5O2S/c1-19-15-20(2)30(21(3)16-19)36-22(4)17-26(23(36)5)31-29(27-9-7-8-14-33-27)35-32(40)37(31)25-12-10-24(11-13-25)34-28(38)18-39-6/h7-17,29,31H,18H2,1-6H3,(H,34,38)(H,35,40). The molecule has 5 rings (SSSR count). The summed E-state index contributed by atoms with van der Waals surface area (Å²) in [5, 5.41) is 7.04. The summed E-state index contributed by atoms with van der Waals surface area (Å²) in [7, 11) is 1.50. The number of carbonyl (C=O) groups excluding carboxylic acids is 1. The number of hydrogen-bond donors (Lipinski definition) is 2. The van der Waals surface area contributed by atoms with Crippen molar-refractivity contribution in [1.29, 1.82) is 0 Å². The molecule has 1 aliphatic rings. The summed E-state index contributed by atoms with van der Waals surface area (Å²) in [4.78, 5) is 18.9. The molecule has 2 N–H and O–H groups in total. The third-order valence-electron chi connectivity index (χ3n) is 7.45. The van der Waals surface area contributed by atoms with Crippen molar-refractivity contribution in [3.8, 4) is 5.69 Å². The van der Waals surface area contributed by atoms with Gasteiger partial charge in [0.15, 0.2) is 5.11 Å². The van der Waals surface area contributed by atoms with Gasteiger partial charge in [0, 0.05) is 36.1 Å². The van der Waals surface area contributed by atoms with Crippen molar-refractivity contribution in [2.45, 2.75) is 46.7 Å². The molecule has 0 spiro atoms. The van der Waals surface area contributed by atoms with Crippen LogP contribution in [-0.2, 0) is 9.53 Å². The Morgan fingerprint density at radius 3 is 2.35 bits per heavy atom. The number of carbonyl (C=O) groups is 1. The van der Waals surface area contributed by atoms with Gasteiger partial charge in [-0.3, -0.25) is 9.78 Å². The van der Waals surface area contributed by atoms with Gasteiger partial charge in [-0.05, 0) is 106 Å². The number of aryl methyl sites for hydroxylation is 4. The van der Waals surface area contributed by atoms with Gasteiger partial charge in [0.2, 0.25) is 5.91 Å². The molecule has 0 aliphatic carbocycles. The Kier molecular flexibility index (Phi) is 7.74. The molecule has 2 unspecified atom stereocenters. The molecule has 2 atom stereocenters. The molecule has 1 aliphatic heterocycles. The molecule has 1 saturated heterocycles. The number of methoxy groups -OCH3 is 1. The predicted molar refractivity (Wildman–Crippen MR) is 164 cm³/mol. The van der Waals surface area contributed by atoms with Crippen LogP contribution in [0.3, 0.4) is 0 Å². The fraction of sp³-hybridized carbons (Fsp3) is 0.281. The number of benzene rings is 2. The van der Waals surface area contributed by atoms with Crippen LogP contribution in [0.5, 0.6) is 0 Å². The van der Waals surface area contributed by atoms with Crippen molar-refractivity contribution in [1.82, 2.24) is 14.9 Å². The lowest BCUT2D eigenvalue weighted by atomic mass is 9.96. The minimum absolute atomic E-state index is 0.00522. The molecule has 0 bridgehead atoms. The van der Waals surface area contributed by atoms with E-state index >= 15 is 0 Å². The molecule has 206 valence electrons. The zero-order valence-corrected chi connectivity index (χ0v) is 24.6. The summed E-state index contributed by atoms with van der Waals surface area (Å²) < 4.78 is 7.30. The van der Waals surface area contributed by atoms with E-state index in [1.165, 1.54) is 40.7 Å². The third kappa shape index (κ3) is 5.12. The maximum absolute atomic E-state index is 12.0. The molecule has 2 aromatic carbocycles. The van der Waals surface area contributed by atoms with Gasteiger partial charge < -0.3 is 24.8 Å². The van der Waals surface area contributed by atoms with Crippen LogP contribution in [0, 0.1) is 34.6 Å². The number of rotatable bonds is 7. The topological polar surface area (TPSA) is 71.4 Å². The average molecular weight is 554 g/mol. The SMILES string of the molecule is COCC(=O)Nc1ccc(N2C(=S)NC(c3ccccn3)C2c2cc(C)n(-c3c(C)cc(C)cc3C)c2C)cc1. The first-order chi connectivity index (χ1) is 19.2. The Morgan fingerprint density at radius 1 is 1.02 bits per heavy atom. The number of aromatic nitrogens is 2. The van der Waals surface area contributed by atoms with E-state index in [2.05, 4.69) is 72.9 Å². The van der Waals surface area contributed by atoms with Gasteiger partial charge in [-0.1, -0.05) is 23.8 Å². The van der Waals surface area contributed by atoms with Crippen LogP contribution >= 0.6 is 12.2 Å². The molecule has 3 heterocycles. The highest BCUT2D eigenvalue weighted by Crippen LogP contribution is 2.44. The largest absolute Gasteiger partial charge is 0.375 e. The normalized spacial score (nSPS) is 16.8. The molecule has 7 nitrogen and oxygen atoms in total. The van der Waals surface area contributed by atoms with Gasteiger partial charge >= 0.3 is 0 Å². The highest BCUT2D eigenvalue weighted by atomic mass is 32.1. The smallest absolute Gasteiger partial charge is 0.250 e. The Labute approximate surface area is 241 Å². The first kappa shape index (κ1) is 27.6. The highest BCUT2D eigenvalue weighted by molar-refractivity contribution is 7.80.